The number of rotatable bonds is 6. The highest BCUT2D eigenvalue weighted by Gasteiger charge is 2.20. The van der Waals surface area contributed by atoms with E-state index >= 15 is 0 Å². The Morgan fingerprint density at radius 3 is 2.32 bits per heavy atom. The lowest BCUT2D eigenvalue weighted by atomic mass is 10.0. The summed E-state index contributed by atoms with van der Waals surface area (Å²) in [6.07, 6.45) is -0.920. The first-order valence-corrected chi connectivity index (χ1v) is 9.30. The zero-order valence-corrected chi connectivity index (χ0v) is 16.1. The molecule has 0 saturated heterocycles. The number of halogens is 1. The van der Waals surface area contributed by atoms with Gasteiger partial charge in [-0.2, -0.15) is 0 Å². The highest BCUT2D eigenvalue weighted by atomic mass is 35.5. The van der Waals surface area contributed by atoms with Gasteiger partial charge >= 0.3 is 5.97 Å². The molecule has 0 aliphatic rings. The van der Waals surface area contributed by atoms with Gasteiger partial charge in [0.25, 0.3) is 5.91 Å². The summed E-state index contributed by atoms with van der Waals surface area (Å²) in [4.78, 5) is 24.7. The molecular weight excluding hydrogens is 374 g/mol. The molecule has 1 N–H and O–H groups in total. The number of esters is 1. The molecule has 0 spiro atoms. The second kappa shape index (κ2) is 9.20. The van der Waals surface area contributed by atoms with Crippen LogP contribution in [0.3, 0.4) is 0 Å². The summed E-state index contributed by atoms with van der Waals surface area (Å²) in [5.74, 6) is -0.900. The van der Waals surface area contributed by atoms with Crippen LogP contribution in [0, 0.1) is 0 Å². The smallest absolute Gasteiger partial charge is 0.311 e. The molecule has 0 heterocycles. The summed E-state index contributed by atoms with van der Waals surface area (Å²) in [6.45, 7) is 1.55. The van der Waals surface area contributed by atoms with E-state index in [2.05, 4.69) is 5.32 Å². The number of para-hydroxylation sites is 1. The Hall–Kier alpha value is -3.11. The summed E-state index contributed by atoms with van der Waals surface area (Å²) in [5.41, 5.74) is 3.21. The van der Waals surface area contributed by atoms with Crippen LogP contribution in [0.5, 0.6) is 0 Å². The molecule has 142 valence electrons. The van der Waals surface area contributed by atoms with Crippen molar-refractivity contribution in [2.75, 3.05) is 5.32 Å². The minimum absolute atomic E-state index is 0.0118. The average molecular weight is 394 g/mol. The molecule has 0 saturated carbocycles. The normalized spacial score (nSPS) is 11.5. The molecule has 1 unspecified atom stereocenters. The van der Waals surface area contributed by atoms with Crippen LogP contribution in [0.25, 0.3) is 11.1 Å². The van der Waals surface area contributed by atoms with Crippen molar-refractivity contribution >= 4 is 29.2 Å². The van der Waals surface area contributed by atoms with Gasteiger partial charge < -0.3 is 10.1 Å². The van der Waals surface area contributed by atoms with Crippen LogP contribution < -0.4 is 5.32 Å². The van der Waals surface area contributed by atoms with Crippen molar-refractivity contribution in [3.8, 4) is 11.1 Å². The molecule has 5 heteroatoms. The number of carbonyl (C=O) groups excluding carboxylic acids is 2. The first-order chi connectivity index (χ1) is 13.5. The molecule has 3 rings (SSSR count). The predicted octanol–water partition coefficient (Wildman–Crippen LogP) is 5.12. The Balaban J connectivity index is 1.65. The molecule has 0 fully saturated rings. The van der Waals surface area contributed by atoms with E-state index in [1.54, 1.807) is 31.2 Å². The Kier molecular flexibility index (Phi) is 6.45. The Morgan fingerprint density at radius 2 is 1.57 bits per heavy atom. The quantitative estimate of drug-likeness (QED) is 0.591. The van der Waals surface area contributed by atoms with E-state index in [1.165, 1.54) is 0 Å². The maximum Gasteiger partial charge on any atom is 0.311 e. The van der Waals surface area contributed by atoms with Crippen molar-refractivity contribution in [1.82, 2.24) is 0 Å². The lowest BCUT2D eigenvalue weighted by Crippen LogP contribution is -2.30. The number of anilines is 1. The van der Waals surface area contributed by atoms with E-state index in [0.29, 0.717) is 16.3 Å². The number of hydrogen-bond acceptors (Lipinski definition) is 3. The van der Waals surface area contributed by atoms with Gasteiger partial charge in [-0.1, -0.05) is 78.3 Å². The molecule has 0 aliphatic heterocycles. The molecule has 1 amide bonds. The molecule has 3 aromatic rings. The Morgan fingerprint density at radius 1 is 0.929 bits per heavy atom. The summed E-state index contributed by atoms with van der Waals surface area (Å²) < 4.78 is 5.28. The van der Waals surface area contributed by atoms with Crippen LogP contribution in [-0.2, 0) is 20.7 Å². The topological polar surface area (TPSA) is 55.4 Å². The fourth-order valence-electron chi connectivity index (χ4n) is 2.79. The Bertz CT molecular complexity index is 972. The van der Waals surface area contributed by atoms with Gasteiger partial charge in [-0.05, 0) is 30.2 Å². The monoisotopic (exact) mass is 393 g/mol. The SMILES string of the molecule is CC(OC(=O)Cc1ccccc1Cl)C(=O)Nc1ccccc1-c1ccccc1. The van der Waals surface area contributed by atoms with Gasteiger partial charge in [0.05, 0.1) is 6.42 Å². The van der Waals surface area contributed by atoms with Gasteiger partial charge in [0.15, 0.2) is 6.10 Å². The van der Waals surface area contributed by atoms with Crippen molar-refractivity contribution in [3.63, 3.8) is 0 Å². The third kappa shape index (κ3) is 4.99. The lowest BCUT2D eigenvalue weighted by Gasteiger charge is -2.16. The van der Waals surface area contributed by atoms with Gasteiger partial charge in [-0.15, -0.1) is 0 Å². The van der Waals surface area contributed by atoms with E-state index in [4.69, 9.17) is 16.3 Å². The molecule has 1 atom stereocenters. The zero-order valence-electron chi connectivity index (χ0n) is 15.4. The fourth-order valence-corrected chi connectivity index (χ4v) is 2.99. The van der Waals surface area contributed by atoms with Crippen molar-refractivity contribution in [1.29, 1.82) is 0 Å². The van der Waals surface area contributed by atoms with Crippen LogP contribution in [0.2, 0.25) is 5.02 Å². The fraction of sp³-hybridized carbons (Fsp3) is 0.130. The molecule has 4 nitrogen and oxygen atoms in total. The highest BCUT2D eigenvalue weighted by molar-refractivity contribution is 6.31. The third-order valence-electron chi connectivity index (χ3n) is 4.24. The number of amides is 1. The van der Waals surface area contributed by atoms with Crippen LogP contribution in [0.1, 0.15) is 12.5 Å². The van der Waals surface area contributed by atoms with Crippen molar-refractivity contribution in [2.24, 2.45) is 0 Å². The molecular formula is C23H20ClNO3. The van der Waals surface area contributed by atoms with Crippen molar-refractivity contribution in [2.45, 2.75) is 19.4 Å². The average Bonchev–Trinajstić information content (AvgIpc) is 2.70. The van der Waals surface area contributed by atoms with Gasteiger partial charge in [0.1, 0.15) is 0 Å². The highest BCUT2D eigenvalue weighted by Crippen LogP contribution is 2.27. The maximum absolute atomic E-state index is 12.5. The molecule has 3 aromatic carbocycles. The van der Waals surface area contributed by atoms with Gasteiger partial charge in [-0.3, -0.25) is 9.59 Å². The largest absolute Gasteiger partial charge is 0.452 e. The van der Waals surface area contributed by atoms with Gasteiger partial charge in [-0.25, -0.2) is 0 Å². The molecule has 0 radical (unpaired) electrons. The van der Waals surface area contributed by atoms with E-state index in [9.17, 15) is 9.59 Å². The number of benzene rings is 3. The number of ether oxygens (including phenoxy) is 1. The number of nitrogens with one attached hydrogen (secondary N) is 1. The van der Waals surface area contributed by atoms with Gasteiger partial charge in [0, 0.05) is 16.3 Å². The Labute approximate surface area is 169 Å². The summed E-state index contributed by atoms with van der Waals surface area (Å²) in [6, 6.07) is 24.3. The zero-order chi connectivity index (χ0) is 19.9. The molecule has 0 aliphatic carbocycles. The predicted molar refractivity (Wildman–Crippen MR) is 111 cm³/mol. The summed E-state index contributed by atoms with van der Waals surface area (Å²) >= 11 is 6.06. The van der Waals surface area contributed by atoms with Crippen LogP contribution in [-0.4, -0.2) is 18.0 Å². The minimum atomic E-state index is -0.932. The van der Waals surface area contributed by atoms with Crippen LogP contribution in [0.4, 0.5) is 5.69 Å². The maximum atomic E-state index is 12.5. The van der Waals surface area contributed by atoms with Crippen LogP contribution in [0.15, 0.2) is 78.9 Å². The third-order valence-corrected chi connectivity index (χ3v) is 4.61. The van der Waals surface area contributed by atoms with E-state index in [0.717, 1.165) is 11.1 Å². The summed E-state index contributed by atoms with van der Waals surface area (Å²) in [5, 5.41) is 3.34. The summed E-state index contributed by atoms with van der Waals surface area (Å²) in [7, 11) is 0. The number of carbonyl (C=O) groups is 2. The second-order valence-corrected chi connectivity index (χ2v) is 6.71. The lowest BCUT2D eigenvalue weighted by molar-refractivity contribution is -0.152. The first-order valence-electron chi connectivity index (χ1n) is 8.93. The molecule has 0 aromatic heterocycles. The van der Waals surface area contributed by atoms with E-state index < -0.39 is 18.0 Å². The van der Waals surface area contributed by atoms with E-state index in [-0.39, 0.29) is 6.42 Å². The van der Waals surface area contributed by atoms with Gasteiger partial charge in [0.2, 0.25) is 0 Å². The molecule has 28 heavy (non-hydrogen) atoms. The first kappa shape index (κ1) is 19.6. The minimum Gasteiger partial charge on any atom is -0.452 e. The standard InChI is InChI=1S/C23H20ClNO3/c1-16(28-22(26)15-18-11-5-7-13-20(18)24)23(27)25-21-14-8-6-12-19(21)17-9-3-2-4-10-17/h2-14,16H,15H2,1H3,(H,25,27). The van der Waals surface area contributed by atoms with E-state index in [1.807, 2.05) is 54.6 Å². The second-order valence-electron chi connectivity index (χ2n) is 6.30. The van der Waals surface area contributed by atoms with Crippen molar-refractivity contribution in [3.05, 3.63) is 89.4 Å². The molecule has 0 bridgehead atoms. The van der Waals surface area contributed by atoms with Crippen molar-refractivity contribution < 1.29 is 14.3 Å². The van der Waals surface area contributed by atoms with Crippen LogP contribution >= 0.6 is 11.6 Å². The number of hydrogen-bond donors (Lipinski definition) is 1.